The van der Waals surface area contributed by atoms with Crippen molar-refractivity contribution in [1.29, 1.82) is 0 Å². The van der Waals surface area contributed by atoms with Gasteiger partial charge in [-0.25, -0.2) is 0 Å². The van der Waals surface area contributed by atoms with E-state index in [4.69, 9.17) is 0 Å². The van der Waals surface area contributed by atoms with Crippen molar-refractivity contribution >= 4 is 15.6 Å². The van der Waals surface area contributed by atoms with E-state index in [1.165, 1.54) is 15.3 Å². The largest absolute Gasteiger partial charge is 0.333 e. The molecule has 0 radical (unpaired) electrons. The summed E-state index contributed by atoms with van der Waals surface area (Å²) < 4.78 is 10.6. The summed E-state index contributed by atoms with van der Waals surface area (Å²) in [5.41, 5.74) is 1.39. The summed E-state index contributed by atoms with van der Waals surface area (Å²) in [4.78, 5) is 2.34. The van der Waals surface area contributed by atoms with E-state index < -0.39 is 10.8 Å². The highest BCUT2D eigenvalue weighted by molar-refractivity contribution is 8.14. The molecule has 1 unspecified atom stereocenters. The summed E-state index contributed by atoms with van der Waals surface area (Å²) in [5, 5.41) is 0. The van der Waals surface area contributed by atoms with Gasteiger partial charge >= 0.3 is 0 Å². The molecule has 0 fully saturated rings. The molecule has 1 rings (SSSR count). The second kappa shape index (κ2) is 4.74. The van der Waals surface area contributed by atoms with Gasteiger partial charge in [-0.05, 0) is 45.7 Å². The van der Waals surface area contributed by atoms with Gasteiger partial charge in [0.1, 0.15) is 0 Å². The van der Waals surface area contributed by atoms with E-state index in [0.29, 0.717) is 0 Å². The maximum atomic E-state index is 10.6. The summed E-state index contributed by atoms with van der Waals surface area (Å²) >= 11 is 0. The Morgan fingerprint density at radius 3 is 1.88 bits per heavy atom. The third kappa shape index (κ3) is 3.32. The molecular weight excluding hydrogens is 228 g/mol. The van der Waals surface area contributed by atoms with Crippen molar-refractivity contribution in [3.05, 3.63) is 22.6 Å². The highest BCUT2D eigenvalue weighted by Gasteiger charge is 2.28. The molecule has 1 N–H and O–H groups in total. The molecule has 1 aliphatic rings. The topological polar surface area (TPSA) is 20.2 Å². The minimum Gasteiger partial charge on any atom is -0.333 e. The first-order valence-corrected chi connectivity index (χ1v) is 7.49. The van der Waals surface area contributed by atoms with Crippen molar-refractivity contribution in [3.63, 3.8) is 0 Å². The van der Waals surface area contributed by atoms with Crippen molar-refractivity contribution in [3.8, 4) is 0 Å². The Morgan fingerprint density at radius 2 is 1.53 bits per heavy atom. The van der Waals surface area contributed by atoms with E-state index in [1.807, 2.05) is 0 Å². The van der Waals surface area contributed by atoms with E-state index in [2.05, 4.69) is 60.6 Å². The van der Waals surface area contributed by atoms with Crippen LogP contribution in [0.3, 0.4) is 0 Å². The SMILES string of the molecule is CCC1=CC(C(C)(C)C)=S(O)C(C(C)(C)C)=C1. The first kappa shape index (κ1) is 14.7. The molecule has 1 aliphatic heterocycles. The Morgan fingerprint density at radius 1 is 1.00 bits per heavy atom. The molecule has 98 valence electrons. The fourth-order valence-corrected chi connectivity index (χ4v) is 3.75. The molecular formula is C15H26OS. The van der Waals surface area contributed by atoms with Gasteiger partial charge in [-0.2, -0.15) is 0 Å². The maximum Gasteiger partial charge on any atom is 0.0105 e. The minimum atomic E-state index is -0.726. The highest BCUT2D eigenvalue weighted by Crippen LogP contribution is 2.44. The fourth-order valence-electron chi connectivity index (χ4n) is 1.83. The lowest BCUT2D eigenvalue weighted by molar-refractivity contribution is 0.522. The van der Waals surface area contributed by atoms with Crippen LogP contribution in [0.2, 0.25) is 0 Å². The van der Waals surface area contributed by atoms with Crippen LogP contribution in [0.4, 0.5) is 0 Å². The van der Waals surface area contributed by atoms with Crippen molar-refractivity contribution in [2.45, 2.75) is 54.9 Å². The molecule has 0 spiro atoms. The van der Waals surface area contributed by atoms with Crippen LogP contribution in [-0.2, 0) is 0 Å². The Labute approximate surface area is 109 Å². The lowest BCUT2D eigenvalue weighted by Gasteiger charge is -2.32. The average Bonchev–Trinajstić information content (AvgIpc) is 2.14. The van der Waals surface area contributed by atoms with Gasteiger partial charge in [0.25, 0.3) is 0 Å². The summed E-state index contributed by atoms with van der Waals surface area (Å²) in [6, 6.07) is 0. The second-order valence-corrected chi connectivity index (χ2v) is 8.18. The summed E-state index contributed by atoms with van der Waals surface area (Å²) in [6.07, 6.45) is 5.41. The number of allylic oxidation sites excluding steroid dienone is 4. The van der Waals surface area contributed by atoms with Crippen molar-refractivity contribution in [2.75, 3.05) is 0 Å². The third-order valence-corrected chi connectivity index (χ3v) is 5.23. The van der Waals surface area contributed by atoms with Crippen LogP contribution in [0.15, 0.2) is 22.6 Å². The van der Waals surface area contributed by atoms with Crippen LogP contribution in [0.25, 0.3) is 0 Å². The molecule has 0 saturated carbocycles. The zero-order valence-electron chi connectivity index (χ0n) is 12.2. The quantitative estimate of drug-likeness (QED) is 0.635. The van der Waals surface area contributed by atoms with Crippen LogP contribution in [-0.4, -0.2) is 9.42 Å². The summed E-state index contributed by atoms with van der Waals surface area (Å²) in [7, 11) is -0.726. The minimum absolute atomic E-state index is 0.0308. The molecule has 1 nitrogen and oxygen atoms in total. The zero-order valence-corrected chi connectivity index (χ0v) is 13.0. The van der Waals surface area contributed by atoms with Crippen LogP contribution < -0.4 is 0 Å². The number of hydrogen-bond acceptors (Lipinski definition) is 1. The predicted molar refractivity (Wildman–Crippen MR) is 80.6 cm³/mol. The molecule has 0 saturated heterocycles. The van der Waals surface area contributed by atoms with E-state index in [-0.39, 0.29) is 10.8 Å². The highest BCUT2D eigenvalue weighted by atomic mass is 32.2. The summed E-state index contributed by atoms with van der Waals surface area (Å²) in [5.74, 6) is 0. The molecule has 0 aromatic heterocycles. The lowest BCUT2D eigenvalue weighted by atomic mass is 9.89. The van der Waals surface area contributed by atoms with Crippen LogP contribution in [0.5, 0.6) is 0 Å². The van der Waals surface area contributed by atoms with E-state index in [0.717, 1.165) is 6.42 Å². The van der Waals surface area contributed by atoms with Crippen LogP contribution in [0.1, 0.15) is 54.9 Å². The zero-order chi connectivity index (χ0) is 13.4. The normalized spacial score (nSPS) is 22.4. The Bertz CT molecular complexity index is 398. The predicted octanol–water partition coefficient (Wildman–Crippen LogP) is 5.23. The van der Waals surface area contributed by atoms with Gasteiger partial charge in [0, 0.05) is 9.77 Å². The van der Waals surface area contributed by atoms with Gasteiger partial charge in [-0.1, -0.05) is 48.5 Å². The third-order valence-electron chi connectivity index (χ3n) is 2.94. The lowest BCUT2D eigenvalue weighted by Crippen LogP contribution is -2.23. The molecule has 2 heteroatoms. The van der Waals surface area contributed by atoms with Gasteiger partial charge in [0.15, 0.2) is 0 Å². The van der Waals surface area contributed by atoms with Gasteiger partial charge in [0.2, 0.25) is 0 Å². The van der Waals surface area contributed by atoms with Gasteiger partial charge in [-0.15, -0.1) is 0 Å². The molecule has 1 heterocycles. The molecule has 1 atom stereocenters. The smallest absolute Gasteiger partial charge is 0.0105 e. The van der Waals surface area contributed by atoms with E-state index in [9.17, 15) is 4.55 Å². The molecule has 0 aromatic carbocycles. The van der Waals surface area contributed by atoms with Crippen LogP contribution in [0, 0.1) is 10.8 Å². The van der Waals surface area contributed by atoms with Crippen LogP contribution >= 0.6 is 10.8 Å². The van der Waals surface area contributed by atoms with Gasteiger partial charge in [0.05, 0.1) is 0 Å². The molecule has 0 aromatic rings. The Hall–Kier alpha value is -0.340. The maximum absolute atomic E-state index is 10.6. The number of hydrogen-bond donors (Lipinski definition) is 1. The van der Waals surface area contributed by atoms with Gasteiger partial charge < -0.3 is 4.55 Å². The first-order chi connectivity index (χ1) is 7.57. The monoisotopic (exact) mass is 254 g/mol. The van der Waals surface area contributed by atoms with Crippen molar-refractivity contribution in [1.82, 2.24) is 0 Å². The van der Waals surface area contributed by atoms with E-state index >= 15 is 0 Å². The second-order valence-electron chi connectivity index (χ2n) is 6.73. The molecule has 0 aliphatic carbocycles. The van der Waals surface area contributed by atoms with Crippen molar-refractivity contribution < 1.29 is 4.55 Å². The van der Waals surface area contributed by atoms with Gasteiger partial charge in [-0.3, -0.25) is 0 Å². The fraction of sp³-hybridized carbons (Fsp3) is 0.667. The molecule has 17 heavy (non-hydrogen) atoms. The summed E-state index contributed by atoms with van der Waals surface area (Å²) in [6.45, 7) is 15.2. The molecule has 0 amide bonds. The average molecular weight is 254 g/mol. The number of rotatable bonds is 1. The first-order valence-electron chi connectivity index (χ1n) is 6.31. The van der Waals surface area contributed by atoms with Crippen molar-refractivity contribution in [2.24, 2.45) is 10.8 Å². The molecule has 0 bridgehead atoms. The standard InChI is InChI=1S/C15H26OS/c1-8-11-9-12(14(2,3)4)17(16)13(10-11)15(5,6)7/h9-10,16H,8H2,1-7H3. The van der Waals surface area contributed by atoms with E-state index in [1.54, 1.807) is 0 Å². The Kier molecular flexibility index (Phi) is 4.10. The Balaban J connectivity index is 3.40.